The lowest BCUT2D eigenvalue weighted by Crippen LogP contribution is -2.09. The zero-order chi connectivity index (χ0) is 20.3. The Hall–Kier alpha value is -2.86. The van der Waals surface area contributed by atoms with Crippen LogP contribution in [0.5, 0.6) is 5.75 Å². The summed E-state index contributed by atoms with van der Waals surface area (Å²) in [5.41, 5.74) is 2.64. The Morgan fingerprint density at radius 1 is 1.21 bits per heavy atom. The highest BCUT2D eigenvalue weighted by Gasteiger charge is 2.19. The monoisotopic (exact) mass is 417 g/mol. The van der Waals surface area contributed by atoms with E-state index < -0.39 is 16.4 Å². The maximum absolute atomic E-state index is 12.1. The van der Waals surface area contributed by atoms with Crippen LogP contribution < -0.4 is 4.74 Å². The van der Waals surface area contributed by atoms with Crippen molar-refractivity contribution in [2.45, 2.75) is 4.90 Å². The number of sulfone groups is 1. The van der Waals surface area contributed by atoms with Crippen LogP contribution in [0.25, 0.3) is 22.4 Å². The molecule has 2 N–H and O–H groups in total. The smallest absolute Gasteiger partial charge is 0.180 e. The highest BCUT2D eigenvalue weighted by Crippen LogP contribution is 2.37. The van der Waals surface area contributed by atoms with Gasteiger partial charge in [-0.3, -0.25) is 5.10 Å². The zero-order valence-electron chi connectivity index (χ0n) is 14.8. The molecule has 9 heteroatoms. The van der Waals surface area contributed by atoms with Crippen molar-refractivity contribution in [2.75, 3.05) is 19.5 Å². The molecule has 2 aromatic carbocycles. The van der Waals surface area contributed by atoms with Crippen molar-refractivity contribution in [3.8, 4) is 34.2 Å². The molecule has 3 rings (SSSR count). The Kier molecular flexibility index (Phi) is 5.70. The number of ether oxygens (including phenoxy) is 1. The summed E-state index contributed by atoms with van der Waals surface area (Å²) in [7, 11) is -2.05. The Balaban J connectivity index is 2.10. The van der Waals surface area contributed by atoms with Crippen LogP contribution in [0.4, 0.5) is 0 Å². The van der Waals surface area contributed by atoms with Crippen molar-refractivity contribution in [2.24, 2.45) is 0 Å². The van der Waals surface area contributed by atoms with Crippen LogP contribution in [-0.2, 0) is 9.84 Å². The van der Waals surface area contributed by atoms with Gasteiger partial charge < -0.3 is 9.84 Å². The van der Waals surface area contributed by atoms with Crippen molar-refractivity contribution in [1.29, 1.82) is 5.26 Å². The molecule has 0 bridgehead atoms. The molecule has 0 unspecified atom stereocenters. The number of rotatable bonds is 6. The second kappa shape index (κ2) is 8.02. The molecule has 1 aromatic heterocycles. The van der Waals surface area contributed by atoms with E-state index in [4.69, 9.17) is 21.4 Å². The first-order valence-electron chi connectivity index (χ1n) is 8.17. The van der Waals surface area contributed by atoms with E-state index in [1.165, 1.54) is 19.2 Å². The van der Waals surface area contributed by atoms with Crippen molar-refractivity contribution in [3.63, 3.8) is 0 Å². The highest BCUT2D eigenvalue weighted by atomic mass is 35.5. The molecule has 0 spiro atoms. The standard InChI is InChI=1S/C19H16ClN3O4S/c1-27-17-10-13(4-7-15(17)20)18-16(11-21)22-23-19(18)12-2-5-14(6-3-12)28(25,26)9-8-24/h2-7,10,24H,8-9H2,1H3,(H,22,23). The molecule has 0 aliphatic rings. The topological polar surface area (TPSA) is 116 Å². The quantitative estimate of drug-likeness (QED) is 0.636. The van der Waals surface area contributed by atoms with E-state index in [2.05, 4.69) is 10.2 Å². The van der Waals surface area contributed by atoms with Gasteiger partial charge in [0, 0.05) is 11.1 Å². The number of aromatic amines is 1. The van der Waals surface area contributed by atoms with E-state index in [0.29, 0.717) is 33.2 Å². The molecular formula is C19H16ClN3O4S. The normalized spacial score (nSPS) is 11.2. The Bertz CT molecular complexity index is 1150. The van der Waals surface area contributed by atoms with Crippen LogP contribution in [0.15, 0.2) is 47.4 Å². The van der Waals surface area contributed by atoms with Gasteiger partial charge in [-0.05, 0) is 29.8 Å². The first kappa shape index (κ1) is 19.9. The van der Waals surface area contributed by atoms with Crippen LogP contribution in [0.3, 0.4) is 0 Å². The second-order valence-corrected chi connectivity index (χ2v) is 8.37. The number of hydrogen-bond acceptors (Lipinski definition) is 6. The third-order valence-electron chi connectivity index (χ3n) is 4.17. The predicted octanol–water partition coefficient (Wildman–Crippen LogP) is 3.04. The minimum Gasteiger partial charge on any atom is -0.495 e. The van der Waals surface area contributed by atoms with Gasteiger partial charge in [0.1, 0.15) is 11.8 Å². The van der Waals surface area contributed by atoms with Crippen LogP contribution in [0.1, 0.15) is 5.69 Å². The van der Waals surface area contributed by atoms with Gasteiger partial charge in [-0.1, -0.05) is 29.8 Å². The molecule has 0 aliphatic heterocycles. The fraction of sp³-hybridized carbons (Fsp3) is 0.158. The number of nitrogens with one attached hydrogen (secondary N) is 1. The maximum atomic E-state index is 12.1. The average Bonchev–Trinajstić information content (AvgIpc) is 3.12. The molecule has 1 heterocycles. The second-order valence-electron chi connectivity index (χ2n) is 5.85. The van der Waals surface area contributed by atoms with Gasteiger partial charge in [-0.2, -0.15) is 10.4 Å². The Morgan fingerprint density at radius 2 is 1.89 bits per heavy atom. The van der Waals surface area contributed by atoms with E-state index in [-0.39, 0.29) is 16.3 Å². The third-order valence-corrected chi connectivity index (χ3v) is 6.20. The van der Waals surface area contributed by atoms with Gasteiger partial charge in [0.15, 0.2) is 15.5 Å². The van der Waals surface area contributed by atoms with Gasteiger partial charge in [-0.15, -0.1) is 0 Å². The predicted molar refractivity (Wildman–Crippen MR) is 105 cm³/mol. The fourth-order valence-electron chi connectivity index (χ4n) is 2.80. The van der Waals surface area contributed by atoms with E-state index in [0.717, 1.165) is 0 Å². The van der Waals surface area contributed by atoms with Crippen LogP contribution in [-0.4, -0.2) is 43.2 Å². The number of nitriles is 1. The van der Waals surface area contributed by atoms with Crippen molar-refractivity contribution >= 4 is 21.4 Å². The van der Waals surface area contributed by atoms with Gasteiger partial charge in [-0.25, -0.2) is 8.42 Å². The number of hydrogen-bond donors (Lipinski definition) is 2. The fourth-order valence-corrected chi connectivity index (χ4v) is 4.02. The molecule has 0 atom stereocenters. The maximum Gasteiger partial charge on any atom is 0.180 e. The number of halogens is 1. The molecule has 3 aromatic rings. The molecule has 0 saturated heterocycles. The summed E-state index contributed by atoms with van der Waals surface area (Å²) >= 11 is 6.09. The first-order chi connectivity index (χ1) is 13.4. The third kappa shape index (κ3) is 3.73. The Labute approximate surface area is 167 Å². The van der Waals surface area contributed by atoms with Crippen molar-refractivity contribution in [3.05, 3.63) is 53.2 Å². The first-order valence-corrected chi connectivity index (χ1v) is 10.2. The van der Waals surface area contributed by atoms with Gasteiger partial charge in [0.25, 0.3) is 0 Å². The number of aromatic nitrogens is 2. The van der Waals surface area contributed by atoms with Gasteiger partial charge >= 0.3 is 0 Å². The number of methoxy groups -OCH3 is 1. The number of benzene rings is 2. The number of nitrogens with zero attached hydrogens (tertiary/aromatic N) is 2. The highest BCUT2D eigenvalue weighted by molar-refractivity contribution is 7.91. The molecule has 0 saturated carbocycles. The average molecular weight is 418 g/mol. The summed E-state index contributed by atoms with van der Waals surface area (Å²) in [6.45, 7) is -0.446. The SMILES string of the molecule is COc1cc(-c2c(C#N)n[nH]c2-c2ccc(S(=O)(=O)CCO)cc2)ccc1Cl. The molecule has 0 amide bonds. The summed E-state index contributed by atoms with van der Waals surface area (Å²) < 4.78 is 29.4. The number of aliphatic hydroxyl groups excluding tert-OH is 1. The number of H-pyrrole nitrogens is 1. The summed E-state index contributed by atoms with van der Waals surface area (Å²) in [5.74, 6) is 0.116. The van der Waals surface area contributed by atoms with Gasteiger partial charge in [0.2, 0.25) is 0 Å². The Morgan fingerprint density at radius 3 is 2.50 bits per heavy atom. The molecule has 0 radical (unpaired) electrons. The van der Waals surface area contributed by atoms with Gasteiger partial charge in [0.05, 0.1) is 35.1 Å². The van der Waals surface area contributed by atoms with E-state index in [1.807, 2.05) is 6.07 Å². The largest absolute Gasteiger partial charge is 0.495 e. The van der Waals surface area contributed by atoms with Crippen molar-refractivity contribution < 1.29 is 18.3 Å². The van der Waals surface area contributed by atoms with Crippen LogP contribution >= 0.6 is 11.6 Å². The van der Waals surface area contributed by atoms with Crippen molar-refractivity contribution in [1.82, 2.24) is 10.2 Å². The van der Waals surface area contributed by atoms with E-state index in [1.54, 1.807) is 30.3 Å². The lowest BCUT2D eigenvalue weighted by Gasteiger charge is -2.09. The number of aliphatic hydroxyl groups is 1. The molecular weight excluding hydrogens is 402 g/mol. The molecule has 0 fully saturated rings. The minimum absolute atomic E-state index is 0.111. The molecule has 7 nitrogen and oxygen atoms in total. The lowest BCUT2D eigenvalue weighted by atomic mass is 9.99. The van der Waals surface area contributed by atoms with E-state index >= 15 is 0 Å². The molecule has 0 aliphatic carbocycles. The van der Waals surface area contributed by atoms with Crippen LogP contribution in [0.2, 0.25) is 5.02 Å². The van der Waals surface area contributed by atoms with Crippen LogP contribution in [0, 0.1) is 11.3 Å². The summed E-state index contributed by atoms with van der Waals surface area (Å²) in [4.78, 5) is 0.111. The minimum atomic E-state index is -3.54. The summed E-state index contributed by atoms with van der Waals surface area (Å²) in [6, 6.07) is 13.3. The lowest BCUT2D eigenvalue weighted by molar-refractivity contribution is 0.319. The summed E-state index contributed by atoms with van der Waals surface area (Å²) in [6.07, 6.45) is 0. The summed E-state index contributed by atoms with van der Waals surface area (Å²) in [5, 5.41) is 25.7. The zero-order valence-corrected chi connectivity index (χ0v) is 16.4. The molecule has 144 valence electrons. The van der Waals surface area contributed by atoms with E-state index in [9.17, 15) is 13.7 Å². The molecule has 28 heavy (non-hydrogen) atoms.